The van der Waals surface area contributed by atoms with E-state index >= 15 is 0 Å². The number of nitrogen functional groups attached to an aromatic ring is 2. The lowest BCUT2D eigenvalue weighted by Crippen LogP contribution is -1.96. The molecule has 4 nitrogen and oxygen atoms in total. The molecule has 2 rings (SSSR count). The molecule has 0 bridgehead atoms. The SMILES string of the molecule is Cc1c(N=Nc2ccccc2)ccc(N)c1N. The summed E-state index contributed by atoms with van der Waals surface area (Å²) >= 11 is 0. The Labute approximate surface area is 100.0 Å². The zero-order valence-electron chi connectivity index (χ0n) is 9.59. The molecule has 0 heterocycles. The van der Waals surface area contributed by atoms with Crippen molar-refractivity contribution in [2.45, 2.75) is 6.92 Å². The van der Waals surface area contributed by atoms with Gasteiger partial charge in [-0.2, -0.15) is 10.2 Å². The van der Waals surface area contributed by atoms with E-state index in [0.717, 1.165) is 16.9 Å². The van der Waals surface area contributed by atoms with Crippen molar-refractivity contribution in [1.29, 1.82) is 0 Å². The first-order valence-corrected chi connectivity index (χ1v) is 5.30. The summed E-state index contributed by atoms with van der Waals surface area (Å²) in [5.74, 6) is 0. The van der Waals surface area contributed by atoms with Crippen molar-refractivity contribution in [3.63, 3.8) is 0 Å². The monoisotopic (exact) mass is 226 g/mol. The van der Waals surface area contributed by atoms with Crippen LogP contribution in [0.5, 0.6) is 0 Å². The van der Waals surface area contributed by atoms with Crippen LogP contribution in [0.25, 0.3) is 0 Å². The van der Waals surface area contributed by atoms with E-state index in [4.69, 9.17) is 11.5 Å². The second-order valence-electron chi connectivity index (χ2n) is 3.75. The van der Waals surface area contributed by atoms with Gasteiger partial charge < -0.3 is 11.5 Å². The minimum Gasteiger partial charge on any atom is -0.397 e. The Morgan fingerprint density at radius 1 is 0.882 bits per heavy atom. The van der Waals surface area contributed by atoms with Gasteiger partial charge in [-0.25, -0.2) is 0 Å². The van der Waals surface area contributed by atoms with Crippen molar-refractivity contribution in [1.82, 2.24) is 0 Å². The van der Waals surface area contributed by atoms with Crippen LogP contribution >= 0.6 is 0 Å². The third-order valence-electron chi connectivity index (χ3n) is 2.55. The van der Waals surface area contributed by atoms with Gasteiger partial charge in [-0.3, -0.25) is 0 Å². The number of nitrogens with two attached hydrogens (primary N) is 2. The van der Waals surface area contributed by atoms with Crippen molar-refractivity contribution >= 4 is 22.7 Å². The molecule has 0 radical (unpaired) electrons. The quantitative estimate of drug-likeness (QED) is 0.606. The maximum absolute atomic E-state index is 5.82. The van der Waals surface area contributed by atoms with Gasteiger partial charge in [0.1, 0.15) is 0 Å². The Morgan fingerprint density at radius 3 is 2.29 bits per heavy atom. The van der Waals surface area contributed by atoms with Crippen molar-refractivity contribution in [3.8, 4) is 0 Å². The third kappa shape index (κ3) is 2.42. The largest absolute Gasteiger partial charge is 0.397 e. The Morgan fingerprint density at radius 2 is 1.59 bits per heavy atom. The van der Waals surface area contributed by atoms with Crippen LogP contribution in [0, 0.1) is 6.92 Å². The Hall–Kier alpha value is -2.36. The lowest BCUT2D eigenvalue weighted by molar-refractivity contribution is 1.21. The molecule has 0 fully saturated rings. The standard InChI is InChI=1S/C13H14N4/c1-9-12(8-7-11(14)13(9)15)17-16-10-5-3-2-4-6-10/h2-8H,14-15H2,1H3. The summed E-state index contributed by atoms with van der Waals surface area (Å²) in [5.41, 5.74) is 15.1. The molecular formula is C13H14N4. The Bertz CT molecular complexity index is 547. The van der Waals surface area contributed by atoms with Gasteiger partial charge in [0.25, 0.3) is 0 Å². The lowest BCUT2D eigenvalue weighted by atomic mass is 10.1. The van der Waals surface area contributed by atoms with E-state index < -0.39 is 0 Å². The van der Waals surface area contributed by atoms with E-state index in [1.807, 2.05) is 43.3 Å². The van der Waals surface area contributed by atoms with Crippen LogP contribution in [-0.2, 0) is 0 Å². The number of benzene rings is 2. The fourth-order valence-electron chi connectivity index (χ4n) is 1.45. The minimum absolute atomic E-state index is 0.564. The molecule has 2 aromatic rings. The second kappa shape index (κ2) is 4.65. The smallest absolute Gasteiger partial charge is 0.0908 e. The van der Waals surface area contributed by atoms with Crippen molar-refractivity contribution < 1.29 is 0 Å². The Balaban J connectivity index is 2.31. The maximum Gasteiger partial charge on any atom is 0.0908 e. The highest BCUT2D eigenvalue weighted by molar-refractivity contribution is 5.73. The zero-order chi connectivity index (χ0) is 12.3. The van der Waals surface area contributed by atoms with Gasteiger partial charge in [0.15, 0.2) is 0 Å². The molecule has 2 aromatic carbocycles. The molecule has 0 aliphatic heterocycles. The minimum atomic E-state index is 0.564. The summed E-state index contributed by atoms with van der Waals surface area (Å²) < 4.78 is 0. The van der Waals surface area contributed by atoms with Crippen LogP contribution < -0.4 is 11.5 Å². The van der Waals surface area contributed by atoms with E-state index in [2.05, 4.69) is 10.2 Å². The number of hydrogen-bond acceptors (Lipinski definition) is 4. The average Bonchev–Trinajstić information content (AvgIpc) is 2.36. The third-order valence-corrected chi connectivity index (χ3v) is 2.55. The number of hydrogen-bond donors (Lipinski definition) is 2. The molecule has 17 heavy (non-hydrogen) atoms. The highest BCUT2D eigenvalue weighted by Gasteiger charge is 2.03. The van der Waals surface area contributed by atoms with Crippen LogP contribution in [0.1, 0.15) is 5.56 Å². The number of anilines is 2. The normalized spacial score (nSPS) is 10.9. The summed E-state index contributed by atoms with van der Waals surface area (Å²) in [5, 5.41) is 8.30. The van der Waals surface area contributed by atoms with Gasteiger partial charge in [-0.15, -0.1) is 0 Å². The summed E-state index contributed by atoms with van der Waals surface area (Å²) in [7, 11) is 0. The van der Waals surface area contributed by atoms with Crippen molar-refractivity contribution in [2.24, 2.45) is 10.2 Å². The summed E-state index contributed by atoms with van der Waals surface area (Å²) in [6.45, 7) is 1.88. The lowest BCUT2D eigenvalue weighted by Gasteiger charge is -2.05. The molecule has 0 amide bonds. The molecular weight excluding hydrogens is 212 g/mol. The molecule has 0 saturated carbocycles. The first-order valence-electron chi connectivity index (χ1n) is 5.30. The summed E-state index contributed by atoms with van der Waals surface area (Å²) in [6, 6.07) is 13.1. The maximum atomic E-state index is 5.82. The van der Waals surface area contributed by atoms with Crippen molar-refractivity contribution in [2.75, 3.05) is 11.5 Å². The number of rotatable bonds is 2. The van der Waals surface area contributed by atoms with Crippen LogP contribution in [0.4, 0.5) is 22.7 Å². The second-order valence-corrected chi connectivity index (χ2v) is 3.75. The fourth-order valence-corrected chi connectivity index (χ4v) is 1.45. The van der Waals surface area contributed by atoms with E-state index in [9.17, 15) is 0 Å². The number of nitrogens with zero attached hydrogens (tertiary/aromatic N) is 2. The van der Waals surface area contributed by atoms with Crippen LogP contribution in [-0.4, -0.2) is 0 Å². The Kier molecular flexibility index (Phi) is 3.05. The van der Waals surface area contributed by atoms with Gasteiger partial charge >= 0.3 is 0 Å². The predicted molar refractivity (Wildman–Crippen MR) is 70.6 cm³/mol. The molecule has 0 aliphatic rings. The van der Waals surface area contributed by atoms with Gasteiger partial charge in [-0.1, -0.05) is 18.2 Å². The van der Waals surface area contributed by atoms with Gasteiger partial charge in [-0.05, 0) is 31.2 Å². The predicted octanol–water partition coefficient (Wildman–Crippen LogP) is 3.57. The molecule has 86 valence electrons. The van der Waals surface area contributed by atoms with Gasteiger partial charge in [0.05, 0.1) is 22.7 Å². The van der Waals surface area contributed by atoms with Crippen LogP contribution in [0.2, 0.25) is 0 Å². The average molecular weight is 226 g/mol. The number of azo groups is 1. The molecule has 0 aliphatic carbocycles. The first kappa shape index (κ1) is 11.1. The van der Waals surface area contributed by atoms with Gasteiger partial charge in [0, 0.05) is 5.56 Å². The van der Waals surface area contributed by atoms with E-state index in [0.29, 0.717) is 11.4 Å². The molecule has 0 saturated heterocycles. The fraction of sp³-hybridized carbons (Fsp3) is 0.0769. The summed E-state index contributed by atoms with van der Waals surface area (Å²) in [4.78, 5) is 0. The molecule has 0 aromatic heterocycles. The summed E-state index contributed by atoms with van der Waals surface area (Å²) in [6.07, 6.45) is 0. The molecule has 4 N–H and O–H groups in total. The zero-order valence-corrected chi connectivity index (χ0v) is 9.59. The molecule has 0 unspecified atom stereocenters. The van der Waals surface area contributed by atoms with Gasteiger partial charge in [0.2, 0.25) is 0 Å². The van der Waals surface area contributed by atoms with E-state index in [1.54, 1.807) is 6.07 Å². The molecule has 4 heteroatoms. The highest BCUT2D eigenvalue weighted by atomic mass is 15.1. The van der Waals surface area contributed by atoms with Crippen molar-refractivity contribution in [3.05, 3.63) is 48.0 Å². The van der Waals surface area contributed by atoms with Crippen LogP contribution in [0.3, 0.4) is 0 Å². The molecule has 0 spiro atoms. The van der Waals surface area contributed by atoms with E-state index in [-0.39, 0.29) is 0 Å². The first-order chi connectivity index (χ1) is 8.18. The topological polar surface area (TPSA) is 76.8 Å². The highest BCUT2D eigenvalue weighted by Crippen LogP contribution is 2.29. The van der Waals surface area contributed by atoms with E-state index in [1.165, 1.54) is 0 Å². The molecule has 0 atom stereocenters. The van der Waals surface area contributed by atoms with Crippen LogP contribution in [0.15, 0.2) is 52.7 Å².